The number of carbonyl (C=O) groups excluding carboxylic acids is 1. The van der Waals surface area contributed by atoms with E-state index in [0.29, 0.717) is 30.7 Å². The molecule has 0 saturated heterocycles. The fourth-order valence-corrected chi connectivity index (χ4v) is 2.10. The number of ketones is 1. The van der Waals surface area contributed by atoms with E-state index in [-0.39, 0.29) is 17.5 Å². The Kier molecular flexibility index (Phi) is 8.87. The number of allylic oxidation sites excluding steroid dienone is 1. The fraction of sp³-hybridized carbons (Fsp3) is 0.550. The van der Waals surface area contributed by atoms with Crippen molar-refractivity contribution in [3.05, 3.63) is 41.2 Å². The number of carbonyl (C=O) groups is 1. The molecule has 0 aliphatic heterocycles. The molecular weight excluding hydrogens is 305 g/mol. The van der Waals surface area contributed by atoms with E-state index >= 15 is 0 Å². The molecule has 0 aromatic heterocycles. The lowest BCUT2D eigenvalue weighted by Gasteiger charge is -2.15. The third kappa shape index (κ3) is 8.37. The summed E-state index contributed by atoms with van der Waals surface area (Å²) in [6.45, 7) is 11.9. The number of rotatable bonds is 10. The first-order valence-corrected chi connectivity index (χ1v) is 8.60. The van der Waals surface area contributed by atoms with Crippen LogP contribution in [0.4, 0.5) is 4.39 Å². The van der Waals surface area contributed by atoms with Gasteiger partial charge in [-0.2, -0.15) is 0 Å². The van der Waals surface area contributed by atoms with E-state index in [4.69, 9.17) is 4.74 Å². The molecule has 0 aliphatic rings. The van der Waals surface area contributed by atoms with Crippen LogP contribution in [-0.4, -0.2) is 25.0 Å². The van der Waals surface area contributed by atoms with Crippen LogP contribution < -0.4 is 5.32 Å². The molecule has 1 unspecified atom stereocenters. The molecular formula is C20H30FNO2. The molecule has 0 bridgehead atoms. The maximum atomic E-state index is 13.7. The highest BCUT2D eigenvalue weighted by atomic mass is 19.1. The van der Waals surface area contributed by atoms with Crippen LogP contribution in [0.1, 0.15) is 45.7 Å². The first kappa shape index (κ1) is 20.5. The van der Waals surface area contributed by atoms with Crippen molar-refractivity contribution in [2.75, 3.05) is 13.2 Å². The molecule has 0 saturated carbocycles. The highest BCUT2D eigenvalue weighted by molar-refractivity contribution is 5.94. The van der Waals surface area contributed by atoms with Gasteiger partial charge in [-0.25, -0.2) is 4.39 Å². The van der Waals surface area contributed by atoms with Crippen molar-refractivity contribution in [2.45, 2.75) is 47.3 Å². The van der Waals surface area contributed by atoms with Gasteiger partial charge in [0.25, 0.3) is 0 Å². The molecule has 1 rings (SSSR count). The van der Waals surface area contributed by atoms with Gasteiger partial charge in [0.05, 0.1) is 13.2 Å². The lowest BCUT2D eigenvalue weighted by Crippen LogP contribution is -2.29. The Labute approximate surface area is 145 Å². The number of benzene rings is 1. The van der Waals surface area contributed by atoms with Crippen LogP contribution in [0.5, 0.6) is 0 Å². The number of ether oxygens (including phenoxy) is 1. The van der Waals surface area contributed by atoms with Gasteiger partial charge < -0.3 is 10.1 Å². The molecule has 0 radical (unpaired) electrons. The van der Waals surface area contributed by atoms with Gasteiger partial charge in [0, 0.05) is 18.5 Å². The van der Waals surface area contributed by atoms with Crippen LogP contribution in [0, 0.1) is 17.7 Å². The Morgan fingerprint density at radius 1 is 1.21 bits per heavy atom. The van der Waals surface area contributed by atoms with Gasteiger partial charge in [-0.15, -0.1) is 0 Å². The smallest absolute Gasteiger partial charge is 0.158 e. The summed E-state index contributed by atoms with van der Waals surface area (Å²) in [5.74, 6) is 0.0494. The molecule has 1 aromatic carbocycles. The number of hydrogen-bond acceptors (Lipinski definition) is 3. The van der Waals surface area contributed by atoms with Crippen LogP contribution in [0.3, 0.4) is 0 Å². The summed E-state index contributed by atoms with van der Waals surface area (Å²) in [5.41, 5.74) is 1.45. The minimum Gasteiger partial charge on any atom is -0.376 e. The van der Waals surface area contributed by atoms with E-state index in [1.165, 1.54) is 18.2 Å². The quantitative estimate of drug-likeness (QED) is 0.651. The minimum atomic E-state index is -0.317. The largest absolute Gasteiger partial charge is 0.376 e. The molecule has 0 fully saturated rings. The Hall–Kier alpha value is -1.52. The lowest BCUT2D eigenvalue weighted by atomic mass is 10.1. The number of hydrogen-bond donors (Lipinski definition) is 1. The van der Waals surface area contributed by atoms with Gasteiger partial charge in [0.2, 0.25) is 0 Å². The van der Waals surface area contributed by atoms with Gasteiger partial charge in [0.15, 0.2) is 5.78 Å². The predicted molar refractivity (Wildman–Crippen MR) is 97.2 cm³/mol. The average molecular weight is 335 g/mol. The van der Waals surface area contributed by atoms with E-state index in [0.717, 1.165) is 12.1 Å². The van der Waals surface area contributed by atoms with E-state index < -0.39 is 0 Å². The first-order chi connectivity index (χ1) is 11.3. The Bertz CT molecular complexity index is 553. The van der Waals surface area contributed by atoms with E-state index in [2.05, 4.69) is 26.1 Å². The van der Waals surface area contributed by atoms with Crippen molar-refractivity contribution in [1.82, 2.24) is 5.32 Å². The van der Waals surface area contributed by atoms with Crippen LogP contribution in [0.2, 0.25) is 0 Å². The maximum Gasteiger partial charge on any atom is 0.158 e. The molecule has 1 aromatic rings. The van der Waals surface area contributed by atoms with Crippen molar-refractivity contribution >= 4 is 11.9 Å². The van der Waals surface area contributed by atoms with Crippen LogP contribution in [0.25, 0.3) is 6.08 Å². The first-order valence-electron chi connectivity index (χ1n) is 8.60. The molecule has 4 heteroatoms. The summed E-state index contributed by atoms with van der Waals surface area (Å²) in [5, 5.41) is 3.37. The Morgan fingerprint density at radius 2 is 1.92 bits per heavy atom. The predicted octanol–water partition coefficient (Wildman–Crippen LogP) is 4.21. The van der Waals surface area contributed by atoms with Crippen molar-refractivity contribution < 1.29 is 13.9 Å². The van der Waals surface area contributed by atoms with Crippen LogP contribution in [0.15, 0.2) is 24.3 Å². The lowest BCUT2D eigenvalue weighted by molar-refractivity contribution is -0.117. The molecule has 134 valence electrons. The average Bonchev–Trinajstić information content (AvgIpc) is 2.50. The van der Waals surface area contributed by atoms with Crippen molar-refractivity contribution in [2.24, 2.45) is 11.8 Å². The second-order valence-electron chi connectivity index (χ2n) is 6.97. The fourth-order valence-electron chi connectivity index (χ4n) is 2.10. The topological polar surface area (TPSA) is 38.3 Å². The summed E-state index contributed by atoms with van der Waals surface area (Å²) in [6, 6.07) is 5.20. The monoisotopic (exact) mass is 335 g/mol. The van der Waals surface area contributed by atoms with Gasteiger partial charge in [0.1, 0.15) is 5.82 Å². The highest BCUT2D eigenvalue weighted by Gasteiger charge is 2.06. The number of halogens is 1. The zero-order chi connectivity index (χ0) is 18.1. The summed E-state index contributed by atoms with van der Waals surface area (Å²) in [4.78, 5) is 11.6. The second-order valence-corrected chi connectivity index (χ2v) is 6.97. The summed E-state index contributed by atoms with van der Waals surface area (Å²) in [7, 11) is 0. The van der Waals surface area contributed by atoms with Gasteiger partial charge in [-0.3, -0.25) is 4.79 Å². The second kappa shape index (κ2) is 10.4. The Morgan fingerprint density at radius 3 is 2.54 bits per heavy atom. The van der Waals surface area contributed by atoms with Crippen LogP contribution >= 0.6 is 0 Å². The molecule has 0 aliphatic carbocycles. The van der Waals surface area contributed by atoms with Crippen molar-refractivity contribution in [3.8, 4) is 0 Å². The molecule has 3 nitrogen and oxygen atoms in total. The summed E-state index contributed by atoms with van der Waals surface area (Å²) >= 11 is 0. The van der Waals surface area contributed by atoms with Gasteiger partial charge in [-0.1, -0.05) is 40.7 Å². The third-order valence-electron chi connectivity index (χ3n) is 3.53. The van der Waals surface area contributed by atoms with Crippen molar-refractivity contribution in [1.29, 1.82) is 0 Å². The maximum absolute atomic E-state index is 13.7. The van der Waals surface area contributed by atoms with Crippen LogP contribution in [-0.2, 0) is 16.1 Å². The number of nitrogens with one attached hydrogen (secondary N) is 1. The zero-order valence-electron chi connectivity index (χ0n) is 15.4. The van der Waals surface area contributed by atoms with Crippen molar-refractivity contribution in [3.63, 3.8) is 0 Å². The highest BCUT2D eigenvalue weighted by Crippen LogP contribution is 2.13. The van der Waals surface area contributed by atoms with Gasteiger partial charge in [-0.05, 0) is 41.3 Å². The molecule has 1 N–H and O–H groups in total. The molecule has 0 heterocycles. The third-order valence-corrected chi connectivity index (χ3v) is 3.53. The minimum absolute atomic E-state index is 0.0311. The zero-order valence-corrected chi connectivity index (χ0v) is 15.4. The molecule has 0 amide bonds. The molecule has 1 atom stereocenters. The van der Waals surface area contributed by atoms with E-state index in [1.54, 1.807) is 6.08 Å². The normalized spacial score (nSPS) is 13.2. The molecule has 24 heavy (non-hydrogen) atoms. The standard InChI is InChI=1S/C20H30FNO2/c1-14(2)20(23)7-6-17-8-18(10-19(21)9-17)13-24-12-16(5)11-22-15(3)4/h6-10,14-16,22H,11-13H2,1-5H3/b7-6+. The summed E-state index contributed by atoms with van der Waals surface area (Å²) < 4.78 is 19.4. The molecule has 0 spiro atoms. The van der Waals surface area contributed by atoms with Gasteiger partial charge >= 0.3 is 0 Å². The Balaban J connectivity index is 2.55. The summed E-state index contributed by atoms with van der Waals surface area (Å²) in [6.07, 6.45) is 3.16. The van der Waals surface area contributed by atoms with E-state index in [1.807, 2.05) is 19.9 Å². The van der Waals surface area contributed by atoms with E-state index in [9.17, 15) is 9.18 Å². The SMILES string of the molecule is CC(CNC(C)C)COCc1cc(F)cc(/C=C/C(=O)C(C)C)c1.